The molecule has 6 nitrogen and oxygen atoms in total. The summed E-state index contributed by atoms with van der Waals surface area (Å²) in [6.45, 7) is 2.03. The topological polar surface area (TPSA) is 57.0 Å². The molecule has 0 spiro atoms. The smallest absolute Gasteiger partial charge is 0.207 e. The van der Waals surface area contributed by atoms with E-state index in [1.165, 1.54) is 7.11 Å². The molecule has 2 aliphatic rings. The van der Waals surface area contributed by atoms with Gasteiger partial charge in [-0.1, -0.05) is 12.1 Å². The van der Waals surface area contributed by atoms with Gasteiger partial charge in [0.25, 0.3) is 0 Å². The molecular formula is C25H25F5N2O4. The lowest BCUT2D eigenvalue weighted by molar-refractivity contribution is 0.0141. The van der Waals surface area contributed by atoms with E-state index >= 15 is 0 Å². The van der Waals surface area contributed by atoms with Gasteiger partial charge in [0, 0.05) is 18.2 Å². The molecule has 2 fully saturated rings. The summed E-state index contributed by atoms with van der Waals surface area (Å²) in [5, 5.41) is 5.14. The van der Waals surface area contributed by atoms with Gasteiger partial charge in [0.15, 0.2) is 22.8 Å². The Balaban J connectivity index is 1.41. The maximum atomic E-state index is 14.2. The fraction of sp³-hybridized carbons (Fsp3) is 0.480. The predicted molar refractivity (Wildman–Crippen MR) is 119 cm³/mol. The lowest BCUT2D eigenvalue weighted by atomic mass is 9.94. The zero-order valence-electron chi connectivity index (χ0n) is 19.9. The van der Waals surface area contributed by atoms with Gasteiger partial charge in [0.05, 0.1) is 25.6 Å². The molecule has 3 aromatic rings. The summed E-state index contributed by atoms with van der Waals surface area (Å²) in [7, 11) is 3.08. The molecule has 194 valence electrons. The maximum Gasteiger partial charge on any atom is 0.207 e. The van der Waals surface area contributed by atoms with Crippen LogP contribution in [0.3, 0.4) is 0 Å². The van der Waals surface area contributed by atoms with Crippen molar-refractivity contribution in [2.24, 2.45) is 0 Å². The highest BCUT2D eigenvalue weighted by Crippen LogP contribution is 2.46. The Hall–Kier alpha value is -3.08. The van der Waals surface area contributed by atoms with Gasteiger partial charge in [-0.15, -0.1) is 0 Å². The van der Waals surface area contributed by atoms with Crippen LogP contribution in [0.15, 0.2) is 16.7 Å². The predicted octanol–water partition coefficient (Wildman–Crippen LogP) is 6.07. The highest BCUT2D eigenvalue weighted by molar-refractivity contribution is 5.83. The number of fused-ring (bicyclic) bond motifs is 3. The summed E-state index contributed by atoms with van der Waals surface area (Å²) in [6.07, 6.45) is 2.39. The number of hydrogen-bond donors (Lipinski definition) is 0. The van der Waals surface area contributed by atoms with Crippen LogP contribution in [0.2, 0.25) is 0 Å². The number of nitrogens with zero attached hydrogens (tertiary/aromatic N) is 2. The normalized spacial score (nSPS) is 22.7. The molecule has 0 aliphatic carbocycles. The molecular weight excluding hydrogens is 487 g/mol. The Morgan fingerprint density at radius 3 is 2.03 bits per heavy atom. The first kappa shape index (κ1) is 24.6. The minimum absolute atomic E-state index is 0.0214. The third-order valence-corrected chi connectivity index (χ3v) is 7.27. The molecule has 1 unspecified atom stereocenters. The Morgan fingerprint density at radius 1 is 0.917 bits per heavy atom. The van der Waals surface area contributed by atoms with Gasteiger partial charge < -0.3 is 18.7 Å². The molecule has 36 heavy (non-hydrogen) atoms. The van der Waals surface area contributed by atoms with Crippen molar-refractivity contribution >= 4 is 11.0 Å². The second kappa shape index (κ2) is 9.42. The number of aromatic nitrogens is 1. The SMILES string of the molecule is CCC(c1noc2cc(OC)c(OC)cc12)N1[C@@H]2CC[C@H]1C[C@@H](Oc1c(F)c(F)c(F)c(F)c1F)C2. The van der Waals surface area contributed by atoms with E-state index in [1.807, 2.05) is 13.0 Å². The summed E-state index contributed by atoms with van der Waals surface area (Å²) in [6, 6.07) is 3.38. The van der Waals surface area contributed by atoms with Crippen molar-refractivity contribution < 1.29 is 40.7 Å². The third kappa shape index (κ3) is 3.84. The largest absolute Gasteiger partial charge is 0.493 e. The number of piperidine rings is 1. The molecule has 3 heterocycles. The van der Waals surface area contributed by atoms with Crippen LogP contribution in [0.25, 0.3) is 11.0 Å². The first-order valence-electron chi connectivity index (χ1n) is 11.8. The Labute approximate surface area is 203 Å². The van der Waals surface area contributed by atoms with E-state index in [2.05, 4.69) is 10.1 Å². The number of hydrogen-bond acceptors (Lipinski definition) is 6. The standard InChI is InChI=1S/C25H25F5N2O4/c1-4-15(24-14-9-17(33-2)18(34-3)10-16(14)36-31-24)32-11-5-6-12(32)8-13(7-11)35-25-22(29)20(27)19(26)21(28)23(25)30/h9-13,15H,4-8H2,1-3H3/t11-,12+,13+,15?. The monoisotopic (exact) mass is 512 g/mol. The quantitative estimate of drug-likeness (QED) is 0.218. The number of ether oxygens (including phenoxy) is 3. The fourth-order valence-corrected chi connectivity index (χ4v) is 5.69. The fourth-order valence-electron chi connectivity index (χ4n) is 5.69. The molecule has 5 rings (SSSR count). The zero-order chi connectivity index (χ0) is 25.7. The van der Waals surface area contributed by atoms with Gasteiger partial charge >= 0.3 is 0 Å². The van der Waals surface area contributed by atoms with Crippen molar-refractivity contribution in [1.29, 1.82) is 0 Å². The van der Waals surface area contributed by atoms with E-state index in [1.54, 1.807) is 13.2 Å². The third-order valence-electron chi connectivity index (χ3n) is 7.27. The summed E-state index contributed by atoms with van der Waals surface area (Å²) in [4.78, 5) is 2.31. The minimum Gasteiger partial charge on any atom is -0.493 e. The Morgan fingerprint density at radius 2 is 1.47 bits per heavy atom. The summed E-state index contributed by atoms with van der Waals surface area (Å²) >= 11 is 0. The molecule has 0 amide bonds. The van der Waals surface area contributed by atoms with Crippen LogP contribution in [0.4, 0.5) is 22.0 Å². The highest BCUT2D eigenvalue weighted by Gasteiger charge is 2.46. The minimum atomic E-state index is -2.20. The molecule has 2 saturated heterocycles. The second-order valence-corrected chi connectivity index (χ2v) is 9.14. The van der Waals surface area contributed by atoms with Gasteiger partial charge in [0.2, 0.25) is 29.1 Å². The van der Waals surface area contributed by atoms with Crippen molar-refractivity contribution in [1.82, 2.24) is 10.1 Å². The van der Waals surface area contributed by atoms with Crippen molar-refractivity contribution in [2.45, 2.75) is 63.3 Å². The molecule has 11 heteroatoms. The lowest BCUT2D eigenvalue weighted by Gasteiger charge is -2.42. The molecule has 0 saturated carbocycles. The summed E-state index contributed by atoms with van der Waals surface area (Å²) in [5.74, 6) is -10.3. The molecule has 4 atom stereocenters. The van der Waals surface area contributed by atoms with Gasteiger partial charge in [-0.25, -0.2) is 13.2 Å². The van der Waals surface area contributed by atoms with Gasteiger partial charge in [-0.3, -0.25) is 4.90 Å². The van der Waals surface area contributed by atoms with E-state index < -0.39 is 40.9 Å². The van der Waals surface area contributed by atoms with Crippen LogP contribution in [-0.4, -0.2) is 42.5 Å². The zero-order valence-corrected chi connectivity index (χ0v) is 19.9. The number of halogens is 5. The Kier molecular flexibility index (Phi) is 6.44. The van der Waals surface area contributed by atoms with Gasteiger partial charge in [-0.2, -0.15) is 8.78 Å². The van der Waals surface area contributed by atoms with Crippen LogP contribution in [0, 0.1) is 29.1 Å². The van der Waals surface area contributed by atoms with Crippen molar-refractivity contribution in [3.63, 3.8) is 0 Å². The van der Waals surface area contributed by atoms with E-state index in [0.717, 1.165) is 23.9 Å². The highest BCUT2D eigenvalue weighted by atomic mass is 19.2. The van der Waals surface area contributed by atoms with Crippen LogP contribution in [-0.2, 0) is 0 Å². The maximum absolute atomic E-state index is 14.2. The van der Waals surface area contributed by atoms with E-state index in [9.17, 15) is 22.0 Å². The molecule has 2 aliphatic heterocycles. The van der Waals surface area contributed by atoms with Crippen molar-refractivity contribution in [3.05, 3.63) is 46.9 Å². The Bertz CT molecular complexity index is 1260. The van der Waals surface area contributed by atoms with Crippen LogP contribution >= 0.6 is 0 Å². The molecule has 2 aromatic carbocycles. The molecule has 0 N–H and O–H groups in total. The van der Waals surface area contributed by atoms with E-state index in [0.29, 0.717) is 36.3 Å². The average Bonchev–Trinajstić information content (AvgIpc) is 3.41. The van der Waals surface area contributed by atoms with Gasteiger partial charge in [0.1, 0.15) is 11.8 Å². The molecule has 0 radical (unpaired) electrons. The van der Waals surface area contributed by atoms with E-state index in [4.69, 9.17) is 18.7 Å². The lowest BCUT2D eigenvalue weighted by Crippen LogP contribution is -2.48. The van der Waals surface area contributed by atoms with Gasteiger partial charge in [-0.05, 0) is 38.2 Å². The number of methoxy groups -OCH3 is 2. The number of rotatable bonds is 7. The van der Waals surface area contributed by atoms with E-state index in [-0.39, 0.29) is 18.1 Å². The van der Waals surface area contributed by atoms with Crippen LogP contribution in [0.1, 0.15) is 50.8 Å². The van der Waals surface area contributed by atoms with Crippen molar-refractivity contribution in [2.75, 3.05) is 14.2 Å². The summed E-state index contributed by atoms with van der Waals surface area (Å²) in [5.41, 5.74) is 1.29. The molecule has 1 aromatic heterocycles. The van der Waals surface area contributed by atoms with Crippen LogP contribution in [0.5, 0.6) is 17.2 Å². The molecule has 2 bridgehead atoms. The average molecular weight is 512 g/mol. The second-order valence-electron chi connectivity index (χ2n) is 9.14. The van der Waals surface area contributed by atoms with Crippen molar-refractivity contribution in [3.8, 4) is 17.2 Å². The summed E-state index contributed by atoms with van der Waals surface area (Å²) < 4.78 is 90.8. The first-order chi connectivity index (χ1) is 17.3. The van der Waals surface area contributed by atoms with Crippen LogP contribution < -0.4 is 14.2 Å². The number of benzene rings is 2. The first-order valence-corrected chi connectivity index (χ1v) is 11.8.